The highest BCUT2D eigenvalue weighted by Crippen LogP contribution is 2.31. The zero-order chi connectivity index (χ0) is 21.0. The Hall–Kier alpha value is -3.03. The van der Waals surface area contributed by atoms with Gasteiger partial charge in [0.1, 0.15) is 5.54 Å². The highest BCUT2D eigenvalue weighted by atomic mass is 16.2. The summed E-state index contributed by atoms with van der Waals surface area (Å²) >= 11 is 0. The molecule has 1 aromatic carbocycles. The molecule has 2 fully saturated rings. The molecule has 3 N–H and O–H groups in total. The lowest BCUT2D eigenvalue weighted by Crippen LogP contribution is -2.58. The van der Waals surface area contributed by atoms with Crippen molar-refractivity contribution < 1.29 is 14.4 Å². The van der Waals surface area contributed by atoms with Gasteiger partial charge in [0.25, 0.3) is 5.91 Å². The molecule has 8 heteroatoms. The molecule has 2 aromatic rings. The minimum absolute atomic E-state index is 0.0838. The van der Waals surface area contributed by atoms with Crippen molar-refractivity contribution in [3.05, 3.63) is 35.0 Å². The van der Waals surface area contributed by atoms with Crippen molar-refractivity contribution in [2.24, 2.45) is 0 Å². The van der Waals surface area contributed by atoms with E-state index in [1.807, 2.05) is 0 Å². The number of fused-ring (bicyclic) bond motifs is 3. The fourth-order valence-electron chi connectivity index (χ4n) is 5.11. The Morgan fingerprint density at radius 1 is 1.23 bits per heavy atom. The predicted molar refractivity (Wildman–Crippen MR) is 112 cm³/mol. The molecule has 1 spiro atoms. The molecule has 2 saturated heterocycles. The summed E-state index contributed by atoms with van der Waals surface area (Å²) in [5, 5.41) is 7.26. The maximum absolute atomic E-state index is 12.9. The van der Waals surface area contributed by atoms with Crippen LogP contribution in [0.1, 0.15) is 36.1 Å². The third kappa shape index (κ3) is 2.93. The molecule has 0 bridgehead atoms. The molecule has 1 unspecified atom stereocenters. The first-order valence-electron chi connectivity index (χ1n) is 10.6. The van der Waals surface area contributed by atoms with Gasteiger partial charge >= 0.3 is 12.1 Å². The molecule has 1 atom stereocenters. The Bertz CT molecular complexity index is 1050. The molecule has 3 aliphatic rings. The van der Waals surface area contributed by atoms with Gasteiger partial charge in [0.05, 0.1) is 0 Å². The van der Waals surface area contributed by atoms with E-state index in [-0.39, 0.29) is 24.0 Å². The molecule has 158 valence electrons. The smallest absolute Gasteiger partial charge is 0.324 e. The van der Waals surface area contributed by atoms with E-state index in [0.717, 1.165) is 29.7 Å². The van der Waals surface area contributed by atoms with E-state index in [4.69, 9.17) is 0 Å². The van der Waals surface area contributed by atoms with Gasteiger partial charge in [-0.1, -0.05) is 11.6 Å². The number of carbonyl (C=O) groups excluding carboxylic acids is 3. The summed E-state index contributed by atoms with van der Waals surface area (Å²) in [5.74, 6) is -0.193. The standard InChI is InChI=1S/C22H27N5O3/c1-13-3-5-17-15(11-13)16-12-14(4-6-18(16)24-17)23-20(29)27-9-7-22(8-10-27)19(28)26(2)21(30)25-22/h3,5,11,14,24H,4,6-10,12H2,1-2H3,(H,23,29)(H,25,30). The quantitative estimate of drug-likeness (QED) is 0.629. The number of H-pyrrole nitrogens is 1. The van der Waals surface area contributed by atoms with Crippen molar-refractivity contribution >= 4 is 28.9 Å². The number of amides is 5. The largest absolute Gasteiger partial charge is 0.358 e. The topological polar surface area (TPSA) is 97.5 Å². The average molecular weight is 409 g/mol. The number of aromatic amines is 1. The van der Waals surface area contributed by atoms with Gasteiger partial charge in [-0.2, -0.15) is 0 Å². The van der Waals surface area contributed by atoms with Gasteiger partial charge in [-0.15, -0.1) is 0 Å². The van der Waals surface area contributed by atoms with Crippen molar-refractivity contribution in [3.8, 4) is 0 Å². The molecular formula is C22H27N5O3. The van der Waals surface area contributed by atoms with Crippen LogP contribution in [0.25, 0.3) is 10.9 Å². The summed E-state index contributed by atoms with van der Waals surface area (Å²) in [6.45, 7) is 3.01. The van der Waals surface area contributed by atoms with Gasteiger partial charge in [-0.05, 0) is 56.7 Å². The van der Waals surface area contributed by atoms with Gasteiger partial charge in [-0.3, -0.25) is 9.69 Å². The predicted octanol–water partition coefficient (Wildman–Crippen LogP) is 2.06. The number of imide groups is 1. The number of likely N-dealkylation sites (tertiary alicyclic amines) is 1. The van der Waals surface area contributed by atoms with Crippen LogP contribution in [0.3, 0.4) is 0 Å². The number of piperidine rings is 1. The summed E-state index contributed by atoms with van der Waals surface area (Å²) in [6, 6.07) is 6.11. The van der Waals surface area contributed by atoms with Crippen molar-refractivity contribution in [2.45, 2.75) is 50.6 Å². The number of hydrogen-bond donors (Lipinski definition) is 3. The molecule has 30 heavy (non-hydrogen) atoms. The van der Waals surface area contributed by atoms with Crippen molar-refractivity contribution in [1.82, 2.24) is 25.4 Å². The SMILES string of the molecule is Cc1ccc2[nH]c3c(c2c1)CC(NC(=O)N1CCC2(CC1)NC(=O)N(C)C2=O)CC3. The Kier molecular flexibility index (Phi) is 4.27. The maximum Gasteiger partial charge on any atom is 0.324 e. The van der Waals surface area contributed by atoms with Crippen LogP contribution < -0.4 is 10.6 Å². The molecule has 8 nitrogen and oxygen atoms in total. The fourth-order valence-corrected chi connectivity index (χ4v) is 5.11. The van der Waals surface area contributed by atoms with Crippen LogP contribution in [0.2, 0.25) is 0 Å². The van der Waals surface area contributed by atoms with Gasteiger partial charge < -0.3 is 20.5 Å². The van der Waals surface area contributed by atoms with Crippen molar-refractivity contribution in [2.75, 3.05) is 20.1 Å². The first kappa shape index (κ1) is 19.0. The van der Waals surface area contributed by atoms with Crippen LogP contribution in [0, 0.1) is 6.92 Å². The van der Waals surface area contributed by atoms with E-state index in [0.29, 0.717) is 25.9 Å². The minimum Gasteiger partial charge on any atom is -0.358 e. The third-order valence-corrected chi connectivity index (χ3v) is 6.94. The van der Waals surface area contributed by atoms with Gasteiger partial charge in [0.15, 0.2) is 0 Å². The first-order chi connectivity index (χ1) is 14.4. The van der Waals surface area contributed by atoms with E-state index < -0.39 is 5.54 Å². The zero-order valence-corrected chi connectivity index (χ0v) is 17.4. The second-order valence-corrected chi connectivity index (χ2v) is 8.88. The van der Waals surface area contributed by atoms with E-state index in [2.05, 4.69) is 40.7 Å². The Labute approximate surface area is 175 Å². The maximum atomic E-state index is 12.9. The van der Waals surface area contributed by atoms with Crippen molar-refractivity contribution in [3.63, 3.8) is 0 Å². The van der Waals surface area contributed by atoms with Crippen LogP contribution in [-0.2, 0) is 17.6 Å². The normalized spacial score (nSPS) is 23.1. The molecule has 1 aliphatic carbocycles. The van der Waals surface area contributed by atoms with Gasteiger partial charge in [0, 0.05) is 42.8 Å². The number of likely N-dealkylation sites (N-methyl/N-ethyl adjacent to an activating group) is 1. The number of nitrogens with one attached hydrogen (secondary N) is 3. The van der Waals surface area contributed by atoms with Crippen LogP contribution in [0.5, 0.6) is 0 Å². The Morgan fingerprint density at radius 3 is 2.70 bits per heavy atom. The summed E-state index contributed by atoms with van der Waals surface area (Å²) in [7, 11) is 1.50. The first-order valence-corrected chi connectivity index (χ1v) is 10.6. The van der Waals surface area contributed by atoms with E-state index in [1.165, 1.54) is 29.3 Å². The molecule has 0 saturated carbocycles. The van der Waals surface area contributed by atoms with Gasteiger partial charge in [-0.25, -0.2) is 9.59 Å². The number of benzene rings is 1. The number of carbonyl (C=O) groups is 3. The van der Waals surface area contributed by atoms with Gasteiger partial charge in [0.2, 0.25) is 0 Å². The summed E-state index contributed by atoms with van der Waals surface area (Å²) in [5.41, 5.74) is 4.14. The number of hydrogen-bond acceptors (Lipinski definition) is 3. The second kappa shape index (κ2) is 6.75. The molecule has 0 radical (unpaired) electrons. The monoisotopic (exact) mass is 409 g/mol. The van der Waals surface area contributed by atoms with Crippen LogP contribution in [0.15, 0.2) is 18.2 Å². The lowest BCUT2D eigenvalue weighted by Gasteiger charge is -2.38. The summed E-state index contributed by atoms with van der Waals surface area (Å²) in [6.07, 6.45) is 3.55. The second-order valence-electron chi connectivity index (χ2n) is 8.88. The summed E-state index contributed by atoms with van der Waals surface area (Å²) < 4.78 is 0. The molecule has 5 amide bonds. The number of urea groups is 2. The lowest BCUT2D eigenvalue weighted by atomic mass is 9.87. The Balaban J connectivity index is 1.23. The minimum atomic E-state index is -0.843. The Morgan fingerprint density at radius 2 is 2.00 bits per heavy atom. The van der Waals surface area contributed by atoms with Crippen LogP contribution in [-0.4, -0.2) is 64.5 Å². The van der Waals surface area contributed by atoms with E-state index in [1.54, 1.807) is 4.90 Å². The van der Waals surface area contributed by atoms with Crippen molar-refractivity contribution in [1.29, 1.82) is 0 Å². The fraction of sp³-hybridized carbons (Fsp3) is 0.500. The number of rotatable bonds is 1. The third-order valence-electron chi connectivity index (χ3n) is 6.94. The molecule has 3 heterocycles. The average Bonchev–Trinajstić information content (AvgIpc) is 3.19. The molecule has 2 aliphatic heterocycles. The number of nitrogens with zero attached hydrogens (tertiary/aromatic N) is 2. The lowest BCUT2D eigenvalue weighted by molar-refractivity contribution is -0.131. The van der Waals surface area contributed by atoms with Crippen LogP contribution in [0.4, 0.5) is 9.59 Å². The highest BCUT2D eigenvalue weighted by Gasteiger charge is 2.51. The van der Waals surface area contributed by atoms with Crippen LogP contribution >= 0.6 is 0 Å². The van der Waals surface area contributed by atoms with E-state index >= 15 is 0 Å². The highest BCUT2D eigenvalue weighted by molar-refractivity contribution is 6.06. The molecule has 1 aromatic heterocycles. The number of aryl methyl sites for hydroxylation is 2. The summed E-state index contributed by atoms with van der Waals surface area (Å²) in [4.78, 5) is 43.6. The molecule has 5 rings (SSSR count). The molecular weight excluding hydrogens is 382 g/mol. The zero-order valence-electron chi connectivity index (χ0n) is 17.4. The van der Waals surface area contributed by atoms with E-state index in [9.17, 15) is 14.4 Å². The number of aromatic nitrogens is 1.